The highest BCUT2D eigenvalue weighted by Crippen LogP contribution is 2.30. The molecular weight excluding hydrogens is 314 g/mol. The van der Waals surface area contributed by atoms with Gasteiger partial charge in [-0.1, -0.05) is 36.4 Å². The molecule has 132 valence electrons. The zero-order chi connectivity index (χ0) is 17.1. The highest BCUT2D eigenvalue weighted by atomic mass is 16.5. The molecule has 0 spiro atoms. The van der Waals surface area contributed by atoms with Gasteiger partial charge in [-0.3, -0.25) is 9.80 Å². The van der Waals surface area contributed by atoms with E-state index in [1.54, 1.807) is 13.3 Å². The molecule has 0 N–H and O–H groups in total. The van der Waals surface area contributed by atoms with Crippen molar-refractivity contribution in [3.63, 3.8) is 0 Å². The van der Waals surface area contributed by atoms with E-state index < -0.39 is 0 Å². The summed E-state index contributed by atoms with van der Waals surface area (Å²) in [5, 5.41) is 0. The fourth-order valence-electron chi connectivity index (χ4n) is 3.98. The Kier molecular flexibility index (Phi) is 4.97. The van der Waals surface area contributed by atoms with Crippen LogP contribution in [-0.4, -0.2) is 60.8 Å². The van der Waals surface area contributed by atoms with Crippen molar-refractivity contribution in [2.75, 3.05) is 40.0 Å². The van der Waals surface area contributed by atoms with Gasteiger partial charge in [0.25, 0.3) is 0 Å². The van der Waals surface area contributed by atoms with Crippen molar-refractivity contribution < 1.29 is 9.47 Å². The molecule has 2 fully saturated rings. The summed E-state index contributed by atoms with van der Waals surface area (Å²) < 4.78 is 11.3. The van der Waals surface area contributed by atoms with E-state index in [4.69, 9.17) is 9.47 Å². The van der Waals surface area contributed by atoms with E-state index >= 15 is 0 Å². The number of hydrogen-bond donors (Lipinski definition) is 0. The Labute approximate surface area is 149 Å². The lowest BCUT2D eigenvalue weighted by molar-refractivity contribution is -0.0836. The molecule has 4 rings (SSSR count). The molecule has 0 aliphatic carbocycles. The first-order valence-electron chi connectivity index (χ1n) is 8.94. The van der Waals surface area contributed by atoms with Gasteiger partial charge < -0.3 is 9.47 Å². The van der Waals surface area contributed by atoms with E-state index in [0.29, 0.717) is 12.1 Å². The Balaban J connectivity index is 1.45. The van der Waals surface area contributed by atoms with E-state index in [9.17, 15) is 0 Å². The number of nitrogens with zero attached hydrogens (tertiary/aromatic N) is 3. The van der Waals surface area contributed by atoms with E-state index in [1.165, 1.54) is 5.56 Å². The van der Waals surface area contributed by atoms with Crippen molar-refractivity contribution in [2.24, 2.45) is 0 Å². The third-order valence-corrected chi connectivity index (χ3v) is 5.22. The van der Waals surface area contributed by atoms with Crippen molar-refractivity contribution in [3.8, 4) is 5.88 Å². The summed E-state index contributed by atoms with van der Waals surface area (Å²) in [6.07, 6.45) is 1.78. The van der Waals surface area contributed by atoms with Gasteiger partial charge in [0.15, 0.2) is 0 Å². The van der Waals surface area contributed by atoms with Crippen molar-refractivity contribution in [1.29, 1.82) is 0 Å². The van der Waals surface area contributed by atoms with E-state index in [0.717, 1.165) is 50.8 Å². The minimum atomic E-state index is 0.370. The second-order valence-corrected chi connectivity index (χ2v) is 6.76. The van der Waals surface area contributed by atoms with Crippen molar-refractivity contribution >= 4 is 0 Å². The number of methoxy groups -OCH3 is 1. The molecule has 0 saturated carbocycles. The number of ether oxygens (including phenoxy) is 2. The minimum Gasteiger partial charge on any atom is -0.481 e. The van der Waals surface area contributed by atoms with Crippen molar-refractivity contribution in [1.82, 2.24) is 14.8 Å². The first-order valence-corrected chi connectivity index (χ1v) is 8.94. The summed E-state index contributed by atoms with van der Waals surface area (Å²) in [5.74, 6) is 0.729. The maximum absolute atomic E-state index is 5.94. The van der Waals surface area contributed by atoms with Gasteiger partial charge in [0, 0.05) is 44.0 Å². The van der Waals surface area contributed by atoms with Crippen LogP contribution in [0.5, 0.6) is 5.88 Å². The lowest BCUT2D eigenvalue weighted by atomic mass is 10.00. The van der Waals surface area contributed by atoms with Crippen LogP contribution in [0.25, 0.3) is 0 Å². The standard InChI is InChI=1S/C20H25N3O2/c1-24-20-17(8-5-9-21-20)12-22-10-11-23-18(13-22)14-25-15-19(23)16-6-3-2-4-7-16/h2-9,18-19H,10-15H2,1H3/t18-,19-/m1/s1. The van der Waals surface area contributed by atoms with Gasteiger partial charge in [-0.2, -0.15) is 0 Å². The van der Waals surface area contributed by atoms with Crippen LogP contribution in [0, 0.1) is 0 Å². The third kappa shape index (κ3) is 3.54. The average Bonchev–Trinajstić information content (AvgIpc) is 2.68. The summed E-state index contributed by atoms with van der Waals surface area (Å²) in [6.45, 7) is 5.60. The highest BCUT2D eigenvalue weighted by molar-refractivity contribution is 5.25. The fraction of sp³-hybridized carbons (Fsp3) is 0.450. The number of pyridine rings is 1. The Hall–Kier alpha value is -1.95. The summed E-state index contributed by atoms with van der Waals surface area (Å²) in [5.41, 5.74) is 2.50. The molecule has 1 aromatic carbocycles. The molecule has 0 amide bonds. The van der Waals surface area contributed by atoms with Gasteiger partial charge >= 0.3 is 0 Å². The van der Waals surface area contributed by atoms with Crippen LogP contribution in [0.3, 0.4) is 0 Å². The minimum absolute atomic E-state index is 0.370. The zero-order valence-electron chi connectivity index (χ0n) is 14.7. The Morgan fingerprint density at radius 2 is 2.00 bits per heavy atom. The van der Waals surface area contributed by atoms with Crippen LogP contribution in [-0.2, 0) is 11.3 Å². The topological polar surface area (TPSA) is 37.8 Å². The molecule has 25 heavy (non-hydrogen) atoms. The van der Waals surface area contributed by atoms with E-state index in [1.807, 2.05) is 6.07 Å². The number of benzene rings is 1. The smallest absolute Gasteiger partial charge is 0.217 e. The third-order valence-electron chi connectivity index (χ3n) is 5.22. The second-order valence-electron chi connectivity index (χ2n) is 6.76. The molecule has 0 bridgehead atoms. The summed E-state index contributed by atoms with van der Waals surface area (Å²) >= 11 is 0. The number of aromatic nitrogens is 1. The predicted octanol–water partition coefficient (Wildman–Crippen LogP) is 2.35. The van der Waals surface area contributed by atoms with Crippen LogP contribution < -0.4 is 4.74 Å². The molecule has 5 nitrogen and oxygen atoms in total. The first kappa shape index (κ1) is 16.5. The summed E-state index contributed by atoms with van der Waals surface area (Å²) in [4.78, 5) is 9.42. The Morgan fingerprint density at radius 1 is 1.12 bits per heavy atom. The van der Waals surface area contributed by atoms with Gasteiger partial charge in [-0.05, 0) is 11.6 Å². The lowest BCUT2D eigenvalue weighted by Gasteiger charge is -2.48. The molecule has 2 aliphatic heterocycles. The molecule has 5 heteroatoms. The molecule has 1 aromatic heterocycles. The van der Waals surface area contributed by atoms with Crippen LogP contribution >= 0.6 is 0 Å². The zero-order valence-corrected chi connectivity index (χ0v) is 14.7. The monoisotopic (exact) mass is 339 g/mol. The number of fused-ring (bicyclic) bond motifs is 1. The molecule has 2 saturated heterocycles. The lowest BCUT2D eigenvalue weighted by Crippen LogP contribution is -2.58. The molecule has 0 unspecified atom stereocenters. The van der Waals surface area contributed by atoms with Crippen molar-refractivity contribution in [3.05, 3.63) is 59.8 Å². The van der Waals surface area contributed by atoms with Crippen LogP contribution in [0.1, 0.15) is 17.2 Å². The number of rotatable bonds is 4. The molecule has 2 atom stereocenters. The average molecular weight is 339 g/mol. The number of morpholine rings is 1. The molecule has 2 aliphatic rings. The maximum atomic E-state index is 5.94. The SMILES string of the molecule is COc1ncccc1CN1CCN2[C@@H](COC[C@@H]2c2ccccc2)C1. The number of hydrogen-bond acceptors (Lipinski definition) is 5. The van der Waals surface area contributed by atoms with E-state index in [2.05, 4.69) is 51.2 Å². The van der Waals surface area contributed by atoms with Crippen LogP contribution in [0.2, 0.25) is 0 Å². The molecule has 0 radical (unpaired) electrons. The maximum Gasteiger partial charge on any atom is 0.217 e. The Morgan fingerprint density at radius 3 is 2.84 bits per heavy atom. The largest absolute Gasteiger partial charge is 0.481 e. The highest BCUT2D eigenvalue weighted by Gasteiger charge is 2.36. The quantitative estimate of drug-likeness (QED) is 0.855. The van der Waals surface area contributed by atoms with Crippen LogP contribution in [0.15, 0.2) is 48.7 Å². The molecule has 3 heterocycles. The summed E-state index contributed by atoms with van der Waals surface area (Å²) in [6, 6.07) is 15.6. The second kappa shape index (κ2) is 7.52. The van der Waals surface area contributed by atoms with Crippen LogP contribution in [0.4, 0.5) is 0 Å². The number of piperazine rings is 1. The van der Waals surface area contributed by atoms with Gasteiger partial charge in [0.1, 0.15) is 0 Å². The van der Waals surface area contributed by atoms with Gasteiger partial charge in [-0.25, -0.2) is 4.98 Å². The predicted molar refractivity (Wildman–Crippen MR) is 96.6 cm³/mol. The molecule has 2 aromatic rings. The normalized spacial score (nSPS) is 24.7. The van der Waals surface area contributed by atoms with Gasteiger partial charge in [-0.15, -0.1) is 0 Å². The van der Waals surface area contributed by atoms with Crippen molar-refractivity contribution in [2.45, 2.75) is 18.6 Å². The fourth-order valence-corrected chi connectivity index (χ4v) is 3.98. The Bertz CT molecular complexity index is 694. The van der Waals surface area contributed by atoms with E-state index in [-0.39, 0.29) is 0 Å². The molecular formula is C20H25N3O2. The van der Waals surface area contributed by atoms with Gasteiger partial charge in [0.2, 0.25) is 5.88 Å². The first-order chi connectivity index (χ1) is 12.3. The van der Waals surface area contributed by atoms with Gasteiger partial charge in [0.05, 0.1) is 26.4 Å². The summed E-state index contributed by atoms with van der Waals surface area (Å²) in [7, 11) is 1.68.